The zero-order valence-corrected chi connectivity index (χ0v) is 20.1. The summed E-state index contributed by atoms with van der Waals surface area (Å²) in [4.78, 5) is 33.6. The second-order valence-corrected chi connectivity index (χ2v) is 10.4. The van der Waals surface area contributed by atoms with Crippen LogP contribution in [-0.2, 0) is 11.3 Å². The van der Waals surface area contributed by atoms with Gasteiger partial charge in [-0.05, 0) is 77.5 Å². The molecule has 0 radical (unpaired) electrons. The van der Waals surface area contributed by atoms with E-state index in [0.717, 1.165) is 61.0 Å². The molecule has 0 N–H and O–H groups in total. The van der Waals surface area contributed by atoms with Crippen LogP contribution in [0.2, 0.25) is 0 Å². The number of piperidine rings is 1. The van der Waals surface area contributed by atoms with Crippen molar-refractivity contribution in [1.29, 1.82) is 0 Å². The summed E-state index contributed by atoms with van der Waals surface area (Å²) >= 11 is 3.56. The van der Waals surface area contributed by atoms with E-state index in [9.17, 15) is 9.59 Å². The third-order valence-electron chi connectivity index (χ3n) is 7.59. The number of anilines is 3. The first kappa shape index (κ1) is 20.9. The van der Waals surface area contributed by atoms with Gasteiger partial charge in [-0.3, -0.25) is 4.79 Å². The first-order chi connectivity index (χ1) is 16.1. The first-order valence-electron chi connectivity index (χ1n) is 12.0. The Bertz CT molecular complexity index is 1290. The van der Waals surface area contributed by atoms with Gasteiger partial charge >= 0.3 is 0 Å². The van der Waals surface area contributed by atoms with Gasteiger partial charge in [0.1, 0.15) is 6.29 Å². The Morgan fingerprint density at radius 2 is 1.82 bits per heavy atom. The molecule has 0 unspecified atom stereocenters. The van der Waals surface area contributed by atoms with Crippen molar-refractivity contribution in [3.05, 3.63) is 56.8 Å². The predicted octanol–water partition coefficient (Wildman–Crippen LogP) is 5.02. The van der Waals surface area contributed by atoms with Crippen LogP contribution in [0.15, 0.2) is 45.7 Å². The van der Waals surface area contributed by atoms with Gasteiger partial charge in [0.15, 0.2) is 0 Å². The molecule has 6 nitrogen and oxygen atoms in total. The molecule has 1 aliphatic carbocycles. The van der Waals surface area contributed by atoms with Gasteiger partial charge in [0.25, 0.3) is 5.56 Å². The molecule has 0 bridgehead atoms. The fraction of sp³-hybridized carbons (Fsp3) is 0.423. The summed E-state index contributed by atoms with van der Waals surface area (Å²) in [5, 5.41) is 0.642. The van der Waals surface area contributed by atoms with Crippen molar-refractivity contribution in [3.8, 4) is 0 Å². The average molecular weight is 507 g/mol. The Hall–Kier alpha value is -2.67. The summed E-state index contributed by atoms with van der Waals surface area (Å²) in [5.74, 6) is 0.959. The minimum atomic E-state index is -0.176. The molecule has 2 aromatic carbocycles. The monoisotopic (exact) mass is 506 g/mol. The highest BCUT2D eigenvalue weighted by atomic mass is 79.9. The van der Waals surface area contributed by atoms with E-state index in [1.54, 1.807) is 0 Å². The van der Waals surface area contributed by atoms with Crippen LogP contribution in [0.5, 0.6) is 0 Å². The normalized spacial score (nSPS) is 19.1. The van der Waals surface area contributed by atoms with Crippen LogP contribution in [0, 0.1) is 5.92 Å². The molecule has 1 saturated carbocycles. The first-order valence-corrected chi connectivity index (χ1v) is 12.7. The van der Waals surface area contributed by atoms with E-state index >= 15 is 0 Å². The van der Waals surface area contributed by atoms with Gasteiger partial charge in [-0.1, -0.05) is 18.9 Å². The molecule has 1 aromatic heterocycles. The Kier molecular flexibility index (Phi) is 5.24. The van der Waals surface area contributed by atoms with Crippen molar-refractivity contribution >= 4 is 50.4 Å². The summed E-state index contributed by atoms with van der Waals surface area (Å²) in [5.41, 5.74) is 4.40. The fourth-order valence-electron chi connectivity index (χ4n) is 5.83. The van der Waals surface area contributed by atoms with Crippen LogP contribution in [0.1, 0.15) is 44.1 Å². The van der Waals surface area contributed by atoms with E-state index in [1.165, 1.54) is 29.8 Å². The molecule has 3 heterocycles. The summed E-state index contributed by atoms with van der Waals surface area (Å²) in [6, 6.07) is 13.0. The SMILES string of the molecule is O=CC1CCN(c2ccc3c(c2)Cn2c(nc(=O)c4c(Br)cccc42)N3C2CCCC2)CC1. The molecule has 0 spiro atoms. The summed E-state index contributed by atoms with van der Waals surface area (Å²) < 4.78 is 3.00. The van der Waals surface area contributed by atoms with Crippen molar-refractivity contribution < 1.29 is 4.79 Å². The number of rotatable bonds is 3. The summed E-state index contributed by atoms with van der Waals surface area (Å²) in [7, 11) is 0. The largest absolute Gasteiger partial charge is 0.371 e. The number of nitrogens with zero attached hydrogens (tertiary/aromatic N) is 4. The minimum Gasteiger partial charge on any atom is -0.371 e. The molecule has 6 rings (SSSR count). The van der Waals surface area contributed by atoms with E-state index in [-0.39, 0.29) is 11.5 Å². The van der Waals surface area contributed by atoms with E-state index in [4.69, 9.17) is 0 Å². The number of aromatic nitrogens is 2. The van der Waals surface area contributed by atoms with E-state index in [0.29, 0.717) is 18.0 Å². The zero-order valence-electron chi connectivity index (χ0n) is 18.5. The van der Waals surface area contributed by atoms with Gasteiger partial charge in [0.2, 0.25) is 5.95 Å². The van der Waals surface area contributed by atoms with Crippen molar-refractivity contribution in [2.75, 3.05) is 22.9 Å². The molecule has 2 aliphatic heterocycles. The molecule has 7 heteroatoms. The topological polar surface area (TPSA) is 58.4 Å². The van der Waals surface area contributed by atoms with Crippen LogP contribution >= 0.6 is 15.9 Å². The molecular formula is C26H27BrN4O2. The number of benzene rings is 2. The molecule has 3 aliphatic rings. The Morgan fingerprint density at radius 1 is 1.03 bits per heavy atom. The number of carbonyl (C=O) groups excluding carboxylic acids is 1. The number of halogens is 1. The van der Waals surface area contributed by atoms with Crippen molar-refractivity contribution in [2.24, 2.45) is 5.92 Å². The van der Waals surface area contributed by atoms with Crippen LogP contribution in [0.25, 0.3) is 10.9 Å². The van der Waals surface area contributed by atoms with Crippen LogP contribution in [0.3, 0.4) is 0 Å². The highest BCUT2D eigenvalue weighted by Gasteiger charge is 2.33. The number of hydrogen-bond donors (Lipinski definition) is 0. The lowest BCUT2D eigenvalue weighted by Gasteiger charge is -2.39. The van der Waals surface area contributed by atoms with Gasteiger partial charge < -0.3 is 19.2 Å². The maximum absolute atomic E-state index is 13.0. The molecule has 0 atom stereocenters. The van der Waals surface area contributed by atoms with Gasteiger partial charge in [-0.25, -0.2) is 0 Å². The highest BCUT2D eigenvalue weighted by Crippen LogP contribution is 2.42. The highest BCUT2D eigenvalue weighted by molar-refractivity contribution is 9.10. The molecule has 3 aromatic rings. The van der Waals surface area contributed by atoms with Gasteiger partial charge in [0.05, 0.1) is 17.4 Å². The molecule has 0 amide bonds. The lowest BCUT2D eigenvalue weighted by Crippen LogP contribution is -2.38. The Balaban J connectivity index is 1.48. The maximum Gasteiger partial charge on any atom is 0.283 e. The third-order valence-corrected chi connectivity index (χ3v) is 8.25. The van der Waals surface area contributed by atoms with E-state index in [2.05, 4.69) is 53.5 Å². The van der Waals surface area contributed by atoms with Gasteiger partial charge in [0, 0.05) is 40.9 Å². The van der Waals surface area contributed by atoms with Gasteiger partial charge in [-0.15, -0.1) is 0 Å². The minimum absolute atomic E-state index is 0.176. The second-order valence-electron chi connectivity index (χ2n) is 9.52. The summed E-state index contributed by atoms with van der Waals surface area (Å²) in [6.45, 7) is 2.51. The van der Waals surface area contributed by atoms with Crippen LogP contribution < -0.4 is 15.4 Å². The maximum atomic E-state index is 13.0. The van der Waals surface area contributed by atoms with Crippen molar-refractivity contribution in [3.63, 3.8) is 0 Å². The quantitative estimate of drug-likeness (QED) is 0.467. The lowest BCUT2D eigenvalue weighted by atomic mass is 9.97. The van der Waals surface area contributed by atoms with Crippen molar-refractivity contribution in [1.82, 2.24) is 9.55 Å². The fourth-order valence-corrected chi connectivity index (χ4v) is 6.35. The Morgan fingerprint density at radius 3 is 2.58 bits per heavy atom. The lowest BCUT2D eigenvalue weighted by molar-refractivity contribution is -0.111. The zero-order chi connectivity index (χ0) is 22.5. The number of carbonyl (C=O) groups is 1. The number of aldehydes is 1. The Labute approximate surface area is 201 Å². The van der Waals surface area contributed by atoms with E-state index in [1.807, 2.05) is 18.2 Å². The third kappa shape index (κ3) is 3.48. The number of hydrogen-bond acceptors (Lipinski definition) is 5. The molecule has 2 fully saturated rings. The standard InChI is InChI=1S/C26H27BrN4O2/c27-21-6-3-7-23-24(21)25(33)28-26-30(23)15-18-14-20(29-12-10-17(16-32)11-13-29)8-9-22(18)31(26)19-4-1-2-5-19/h3,6-9,14,16-17,19H,1-2,4-5,10-13,15H2. The van der Waals surface area contributed by atoms with Crippen LogP contribution in [-0.4, -0.2) is 35.0 Å². The predicted molar refractivity (Wildman–Crippen MR) is 135 cm³/mol. The van der Waals surface area contributed by atoms with Crippen LogP contribution in [0.4, 0.5) is 17.3 Å². The molecule has 170 valence electrons. The number of fused-ring (bicyclic) bond motifs is 4. The average Bonchev–Trinajstić information content (AvgIpc) is 3.37. The molecule has 33 heavy (non-hydrogen) atoms. The molecular weight excluding hydrogens is 480 g/mol. The molecule has 1 saturated heterocycles. The summed E-state index contributed by atoms with van der Waals surface area (Å²) in [6.07, 6.45) is 7.60. The van der Waals surface area contributed by atoms with E-state index < -0.39 is 0 Å². The van der Waals surface area contributed by atoms with Gasteiger partial charge in [-0.2, -0.15) is 4.98 Å². The smallest absolute Gasteiger partial charge is 0.283 e. The van der Waals surface area contributed by atoms with Crippen molar-refractivity contribution in [2.45, 2.75) is 51.1 Å². The second kappa shape index (κ2) is 8.28.